The molecule has 0 radical (unpaired) electrons. The van der Waals surface area contributed by atoms with E-state index in [9.17, 15) is 10.0 Å². The lowest BCUT2D eigenvalue weighted by Gasteiger charge is -2.17. The number of anilines is 1. The van der Waals surface area contributed by atoms with Crippen molar-refractivity contribution in [3.63, 3.8) is 0 Å². The van der Waals surface area contributed by atoms with Crippen molar-refractivity contribution in [2.75, 3.05) is 12.4 Å². The molecule has 0 aliphatic carbocycles. The standard InChI is InChI=1S/C20H21N3O4/c1-3-19(22-18-6-4-5-11-23(18)25)27-16-9-10-17-14(12-16)7-8-15(21-17)13-20(24)26-2/h4-12,19,22H,3,13H2,1-2H3. The van der Waals surface area contributed by atoms with Crippen molar-refractivity contribution < 1.29 is 19.0 Å². The first-order valence-electron chi connectivity index (χ1n) is 8.67. The van der Waals surface area contributed by atoms with E-state index < -0.39 is 0 Å². The molecular formula is C20H21N3O4. The summed E-state index contributed by atoms with van der Waals surface area (Å²) >= 11 is 0. The van der Waals surface area contributed by atoms with Gasteiger partial charge in [-0.3, -0.25) is 9.78 Å². The van der Waals surface area contributed by atoms with Gasteiger partial charge in [0.2, 0.25) is 6.23 Å². The van der Waals surface area contributed by atoms with Gasteiger partial charge < -0.3 is 14.7 Å². The second kappa shape index (κ2) is 8.35. The quantitative estimate of drug-likeness (QED) is 0.299. The summed E-state index contributed by atoms with van der Waals surface area (Å²) in [6, 6.07) is 14.4. The van der Waals surface area contributed by atoms with Crippen molar-refractivity contribution in [2.24, 2.45) is 0 Å². The smallest absolute Gasteiger partial charge is 0.311 e. The zero-order valence-electron chi connectivity index (χ0n) is 15.2. The van der Waals surface area contributed by atoms with E-state index in [-0.39, 0.29) is 18.6 Å². The van der Waals surface area contributed by atoms with E-state index >= 15 is 0 Å². The number of aromatic nitrogens is 2. The molecule has 1 aromatic carbocycles. The zero-order valence-corrected chi connectivity index (χ0v) is 15.2. The number of pyridine rings is 2. The van der Waals surface area contributed by atoms with Crippen molar-refractivity contribution in [1.29, 1.82) is 0 Å². The van der Waals surface area contributed by atoms with Crippen LogP contribution in [0, 0.1) is 5.21 Å². The summed E-state index contributed by atoms with van der Waals surface area (Å²) in [6.07, 6.45) is 1.89. The molecule has 1 atom stereocenters. The summed E-state index contributed by atoms with van der Waals surface area (Å²) in [6.45, 7) is 1.97. The molecule has 3 rings (SSSR count). The Kier molecular flexibility index (Phi) is 5.71. The van der Waals surface area contributed by atoms with E-state index in [1.54, 1.807) is 24.3 Å². The van der Waals surface area contributed by atoms with Gasteiger partial charge in [0.25, 0.3) is 5.82 Å². The lowest BCUT2D eigenvalue weighted by atomic mass is 10.1. The van der Waals surface area contributed by atoms with Gasteiger partial charge in [-0.25, -0.2) is 10.0 Å². The second-order valence-corrected chi connectivity index (χ2v) is 5.98. The minimum Gasteiger partial charge on any atom is -0.711 e. The maximum atomic E-state index is 11.8. The Morgan fingerprint density at radius 1 is 1.26 bits per heavy atom. The van der Waals surface area contributed by atoms with Crippen LogP contribution in [0.2, 0.25) is 0 Å². The largest absolute Gasteiger partial charge is 0.711 e. The summed E-state index contributed by atoms with van der Waals surface area (Å²) in [5.41, 5.74) is 1.42. The van der Waals surface area contributed by atoms with Crippen LogP contribution in [-0.2, 0) is 16.0 Å². The second-order valence-electron chi connectivity index (χ2n) is 5.98. The molecular weight excluding hydrogens is 346 g/mol. The summed E-state index contributed by atoms with van der Waals surface area (Å²) in [4.78, 5) is 15.9. The van der Waals surface area contributed by atoms with E-state index in [0.29, 0.717) is 23.7 Å². The summed E-state index contributed by atoms with van der Waals surface area (Å²) in [7, 11) is 1.36. The van der Waals surface area contributed by atoms with E-state index in [2.05, 4.69) is 15.0 Å². The predicted octanol–water partition coefficient (Wildman–Crippen LogP) is 2.81. The Balaban J connectivity index is 1.75. The molecule has 2 aromatic heterocycles. The first-order valence-corrected chi connectivity index (χ1v) is 8.67. The topological polar surface area (TPSA) is 87.4 Å². The third-order valence-corrected chi connectivity index (χ3v) is 4.05. The number of nitrogens with zero attached hydrogens (tertiary/aromatic N) is 2. The molecule has 0 spiro atoms. The Hall–Kier alpha value is -3.35. The van der Waals surface area contributed by atoms with E-state index in [1.165, 1.54) is 13.3 Å². The van der Waals surface area contributed by atoms with Crippen LogP contribution in [0.4, 0.5) is 5.82 Å². The highest BCUT2D eigenvalue weighted by molar-refractivity contribution is 5.81. The maximum Gasteiger partial charge on any atom is 0.311 e. The first-order chi connectivity index (χ1) is 13.1. The number of ether oxygens (including phenoxy) is 2. The molecule has 27 heavy (non-hydrogen) atoms. The number of hydrogen-bond acceptors (Lipinski definition) is 6. The summed E-state index contributed by atoms with van der Waals surface area (Å²) in [5.74, 6) is 0.771. The first kappa shape index (κ1) is 18.4. The Morgan fingerprint density at radius 3 is 2.85 bits per heavy atom. The van der Waals surface area contributed by atoms with Gasteiger partial charge in [0.15, 0.2) is 0 Å². The van der Waals surface area contributed by atoms with Gasteiger partial charge in [0.1, 0.15) is 5.75 Å². The van der Waals surface area contributed by atoms with Crippen LogP contribution >= 0.6 is 0 Å². The molecule has 140 valence electrons. The zero-order chi connectivity index (χ0) is 19.2. The van der Waals surface area contributed by atoms with Crippen LogP contribution in [0.5, 0.6) is 5.75 Å². The molecule has 0 aliphatic rings. The minimum absolute atomic E-state index is 0.138. The highest BCUT2D eigenvalue weighted by Crippen LogP contribution is 2.22. The fourth-order valence-electron chi connectivity index (χ4n) is 2.62. The van der Waals surface area contributed by atoms with Crippen molar-refractivity contribution in [3.05, 3.63) is 65.6 Å². The van der Waals surface area contributed by atoms with E-state index in [1.807, 2.05) is 31.2 Å². The highest BCUT2D eigenvalue weighted by atomic mass is 16.5. The van der Waals surface area contributed by atoms with Gasteiger partial charge in [0.05, 0.1) is 30.9 Å². The number of fused-ring (bicyclic) bond motifs is 1. The molecule has 0 saturated heterocycles. The van der Waals surface area contributed by atoms with Crippen LogP contribution < -0.4 is 14.8 Å². The van der Waals surface area contributed by atoms with E-state index in [4.69, 9.17) is 4.74 Å². The molecule has 0 saturated carbocycles. The van der Waals surface area contributed by atoms with Crippen LogP contribution in [0.25, 0.3) is 10.9 Å². The lowest BCUT2D eigenvalue weighted by molar-refractivity contribution is -0.590. The number of rotatable bonds is 7. The van der Waals surface area contributed by atoms with E-state index in [0.717, 1.165) is 15.6 Å². The molecule has 1 unspecified atom stereocenters. The molecule has 7 nitrogen and oxygen atoms in total. The molecule has 0 fully saturated rings. The average Bonchev–Trinajstić information content (AvgIpc) is 2.69. The SMILES string of the molecule is CCC(Nc1cccc[n+]1[O-])Oc1ccc2nc(CC(=O)OC)ccc2c1. The van der Waals surface area contributed by atoms with Gasteiger partial charge in [-0.2, -0.15) is 0 Å². The molecule has 7 heteroatoms. The third kappa shape index (κ3) is 4.63. The van der Waals surface area contributed by atoms with Crippen molar-refractivity contribution in [3.8, 4) is 5.75 Å². The fraction of sp³-hybridized carbons (Fsp3) is 0.250. The molecule has 2 heterocycles. The van der Waals surface area contributed by atoms with Crippen LogP contribution in [0.15, 0.2) is 54.7 Å². The fourth-order valence-corrected chi connectivity index (χ4v) is 2.62. The number of benzene rings is 1. The summed E-state index contributed by atoms with van der Waals surface area (Å²) in [5, 5.41) is 15.8. The average molecular weight is 367 g/mol. The van der Waals surface area contributed by atoms with Crippen molar-refractivity contribution >= 4 is 22.7 Å². The Morgan fingerprint density at radius 2 is 2.11 bits per heavy atom. The number of carbonyl (C=O) groups excluding carboxylic acids is 1. The number of esters is 1. The molecule has 1 N–H and O–H groups in total. The monoisotopic (exact) mass is 367 g/mol. The number of nitrogens with one attached hydrogen (secondary N) is 1. The highest BCUT2D eigenvalue weighted by Gasteiger charge is 2.15. The van der Waals surface area contributed by atoms with Crippen LogP contribution in [0.1, 0.15) is 19.0 Å². The van der Waals surface area contributed by atoms with Gasteiger partial charge in [-0.15, -0.1) is 0 Å². The summed E-state index contributed by atoms with van der Waals surface area (Å²) < 4.78 is 11.4. The number of carbonyl (C=O) groups is 1. The van der Waals surface area contributed by atoms with Crippen molar-refractivity contribution in [1.82, 2.24) is 4.98 Å². The van der Waals surface area contributed by atoms with Gasteiger partial charge >= 0.3 is 5.97 Å². The Bertz CT molecular complexity index is 945. The van der Waals surface area contributed by atoms with Crippen molar-refractivity contribution in [2.45, 2.75) is 26.0 Å². The van der Waals surface area contributed by atoms with Gasteiger partial charge in [0, 0.05) is 17.9 Å². The molecule has 0 bridgehead atoms. The Labute approximate surface area is 157 Å². The number of hydrogen-bond donors (Lipinski definition) is 1. The van der Waals surface area contributed by atoms with Gasteiger partial charge in [-0.05, 0) is 30.3 Å². The molecule has 0 amide bonds. The normalized spacial score (nSPS) is 11.8. The molecule has 3 aromatic rings. The molecule has 0 aliphatic heterocycles. The lowest BCUT2D eigenvalue weighted by Crippen LogP contribution is -2.35. The minimum atomic E-state index is -0.350. The number of methoxy groups -OCH3 is 1. The van der Waals surface area contributed by atoms with Crippen LogP contribution in [0.3, 0.4) is 0 Å². The maximum absolute atomic E-state index is 11.8. The van der Waals surface area contributed by atoms with Gasteiger partial charge in [-0.1, -0.05) is 19.1 Å². The van der Waals surface area contributed by atoms with Crippen LogP contribution in [-0.4, -0.2) is 24.3 Å². The predicted molar refractivity (Wildman–Crippen MR) is 101 cm³/mol. The third-order valence-electron chi connectivity index (χ3n) is 4.05.